The zero-order chi connectivity index (χ0) is 15.7. The number of halogens is 1. The second-order valence-electron chi connectivity index (χ2n) is 6.37. The highest BCUT2D eigenvalue weighted by atomic mass is 35.5. The molecule has 126 valence electrons. The molecular formula is C18H25ClN2O2. The largest absolute Gasteiger partial charge is 0.464 e. The molecule has 1 aromatic carbocycles. The van der Waals surface area contributed by atoms with Crippen molar-refractivity contribution in [2.24, 2.45) is 5.92 Å². The number of amides is 1. The molecular weight excluding hydrogens is 312 g/mol. The van der Waals surface area contributed by atoms with Crippen molar-refractivity contribution in [1.82, 2.24) is 10.2 Å². The first-order valence-electron chi connectivity index (χ1n) is 7.98. The maximum atomic E-state index is 12.5. The Kier molecular flexibility index (Phi) is 5.71. The van der Waals surface area contributed by atoms with Crippen LogP contribution in [-0.2, 0) is 11.2 Å². The van der Waals surface area contributed by atoms with E-state index in [1.165, 1.54) is 5.56 Å². The summed E-state index contributed by atoms with van der Waals surface area (Å²) in [6.07, 6.45) is 3.27. The van der Waals surface area contributed by atoms with Crippen LogP contribution in [0.3, 0.4) is 0 Å². The van der Waals surface area contributed by atoms with Gasteiger partial charge in [0.1, 0.15) is 5.58 Å². The third-order valence-corrected chi connectivity index (χ3v) is 4.81. The lowest BCUT2D eigenvalue weighted by molar-refractivity contribution is -0.129. The van der Waals surface area contributed by atoms with E-state index in [0.717, 1.165) is 48.2 Å². The van der Waals surface area contributed by atoms with Gasteiger partial charge in [0.2, 0.25) is 5.91 Å². The van der Waals surface area contributed by atoms with Crippen LogP contribution >= 0.6 is 12.4 Å². The van der Waals surface area contributed by atoms with Crippen LogP contribution in [0.4, 0.5) is 0 Å². The molecule has 1 aromatic heterocycles. The van der Waals surface area contributed by atoms with Crippen molar-refractivity contribution in [1.29, 1.82) is 0 Å². The molecule has 0 saturated carbocycles. The van der Waals surface area contributed by atoms with E-state index in [1.807, 2.05) is 11.9 Å². The number of furan rings is 1. The molecule has 1 saturated heterocycles. The standard InChI is InChI=1S/C18H24N2O2.ClH/c1-12-4-5-16-15(11-22-18(16)13(12)2)8-17(21)20-7-6-14(10-20)9-19-3;/h4-5,11,14,19H,6-10H2,1-3H3;1H. The lowest BCUT2D eigenvalue weighted by atomic mass is 10.0. The predicted molar refractivity (Wildman–Crippen MR) is 95.3 cm³/mol. The molecule has 0 radical (unpaired) electrons. The van der Waals surface area contributed by atoms with Gasteiger partial charge in [0.05, 0.1) is 12.7 Å². The Morgan fingerprint density at radius 3 is 2.91 bits per heavy atom. The average molecular weight is 337 g/mol. The number of hydrogen-bond donors (Lipinski definition) is 1. The first-order chi connectivity index (χ1) is 10.6. The molecule has 1 unspecified atom stereocenters. The van der Waals surface area contributed by atoms with E-state index in [-0.39, 0.29) is 18.3 Å². The number of likely N-dealkylation sites (tertiary alicyclic amines) is 1. The Hall–Kier alpha value is -1.52. The summed E-state index contributed by atoms with van der Waals surface area (Å²) >= 11 is 0. The molecule has 0 bridgehead atoms. The van der Waals surface area contributed by atoms with E-state index in [9.17, 15) is 4.79 Å². The second kappa shape index (κ2) is 7.37. The smallest absolute Gasteiger partial charge is 0.227 e. The van der Waals surface area contributed by atoms with Crippen LogP contribution in [0, 0.1) is 19.8 Å². The summed E-state index contributed by atoms with van der Waals surface area (Å²) in [5.74, 6) is 0.791. The van der Waals surface area contributed by atoms with E-state index < -0.39 is 0 Å². The summed E-state index contributed by atoms with van der Waals surface area (Å²) in [6.45, 7) is 6.87. The molecule has 3 rings (SSSR count). The van der Waals surface area contributed by atoms with Gasteiger partial charge >= 0.3 is 0 Å². The molecule has 2 heterocycles. The Balaban J connectivity index is 0.00000192. The molecule has 1 amide bonds. The fourth-order valence-corrected chi connectivity index (χ4v) is 3.31. The summed E-state index contributed by atoms with van der Waals surface area (Å²) in [5.41, 5.74) is 4.29. The number of nitrogens with zero attached hydrogens (tertiary/aromatic N) is 1. The van der Waals surface area contributed by atoms with E-state index in [2.05, 4.69) is 31.3 Å². The van der Waals surface area contributed by atoms with Crippen molar-refractivity contribution in [3.63, 3.8) is 0 Å². The number of benzene rings is 1. The van der Waals surface area contributed by atoms with E-state index in [4.69, 9.17) is 4.42 Å². The van der Waals surface area contributed by atoms with Crippen molar-refractivity contribution in [2.75, 3.05) is 26.7 Å². The van der Waals surface area contributed by atoms with Gasteiger partial charge < -0.3 is 14.6 Å². The monoisotopic (exact) mass is 336 g/mol. The number of hydrogen-bond acceptors (Lipinski definition) is 3. The SMILES string of the molecule is CNCC1CCN(C(=O)Cc2coc3c(C)c(C)ccc23)C1.Cl. The van der Waals surface area contributed by atoms with E-state index >= 15 is 0 Å². The van der Waals surface area contributed by atoms with Crippen LogP contribution in [0.25, 0.3) is 11.0 Å². The van der Waals surface area contributed by atoms with Crippen molar-refractivity contribution in [3.8, 4) is 0 Å². The first-order valence-corrected chi connectivity index (χ1v) is 7.98. The fraction of sp³-hybridized carbons (Fsp3) is 0.500. The van der Waals surface area contributed by atoms with Gasteiger partial charge in [-0.15, -0.1) is 12.4 Å². The van der Waals surface area contributed by atoms with Gasteiger partial charge in [0.25, 0.3) is 0 Å². The maximum Gasteiger partial charge on any atom is 0.227 e. The zero-order valence-electron chi connectivity index (χ0n) is 14.0. The topological polar surface area (TPSA) is 45.5 Å². The number of aryl methyl sites for hydroxylation is 2. The van der Waals surface area contributed by atoms with Crippen LogP contribution < -0.4 is 5.32 Å². The van der Waals surface area contributed by atoms with Crippen molar-refractivity contribution >= 4 is 29.3 Å². The van der Waals surface area contributed by atoms with Crippen molar-refractivity contribution in [3.05, 3.63) is 35.1 Å². The predicted octanol–water partition coefficient (Wildman–Crippen LogP) is 3.08. The van der Waals surface area contributed by atoms with Gasteiger partial charge in [-0.05, 0) is 50.9 Å². The Bertz CT molecular complexity index is 696. The van der Waals surface area contributed by atoms with E-state index in [1.54, 1.807) is 6.26 Å². The highest BCUT2D eigenvalue weighted by Gasteiger charge is 2.26. The molecule has 23 heavy (non-hydrogen) atoms. The van der Waals surface area contributed by atoms with E-state index in [0.29, 0.717) is 12.3 Å². The van der Waals surface area contributed by atoms with Gasteiger partial charge in [-0.25, -0.2) is 0 Å². The molecule has 1 fully saturated rings. The van der Waals surface area contributed by atoms with Gasteiger partial charge in [0, 0.05) is 24.0 Å². The summed E-state index contributed by atoms with van der Waals surface area (Å²) < 4.78 is 5.70. The highest BCUT2D eigenvalue weighted by Crippen LogP contribution is 2.27. The third kappa shape index (κ3) is 3.54. The molecule has 0 aliphatic carbocycles. The Morgan fingerprint density at radius 1 is 1.39 bits per heavy atom. The summed E-state index contributed by atoms with van der Waals surface area (Å²) in [4.78, 5) is 14.5. The molecule has 1 N–H and O–H groups in total. The number of rotatable bonds is 4. The van der Waals surface area contributed by atoms with Crippen LogP contribution in [0.5, 0.6) is 0 Å². The number of nitrogens with one attached hydrogen (secondary N) is 1. The molecule has 0 spiro atoms. The summed E-state index contributed by atoms with van der Waals surface area (Å²) in [5, 5.41) is 4.27. The minimum atomic E-state index is 0. The Morgan fingerprint density at radius 2 is 2.17 bits per heavy atom. The number of carbonyl (C=O) groups is 1. The quantitative estimate of drug-likeness (QED) is 0.933. The molecule has 1 aliphatic heterocycles. The van der Waals surface area contributed by atoms with Crippen molar-refractivity contribution in [2.45, 2.75) is 26.7 Å². The average Bonchev–Trinajstić information content (AvgIpc) is 3.11. The first kappa shape index (κ1) is 17.8. The van der Waals surface area contributed by atoms with Gasteiger partial charge in [-0.2, -0.15) is 0 Å². The van der Waals surface area contributed by atoms with Crippen LogP contribution in [0.2, 0.25) is 0 Å². The van der Waals surface area contributed by atoms with Gasteiger partial charge in [0.15, 0.2) is 0 Å². The second-order valence-corrected chi connectivity index (χ2v) is 6.37. The number of carbonyl (C=O) groups excluding carboxylic acids is 1. The summed E-state index contributed by atoms with van der Waals surface area (Å²) in [6, 6.07) is 4.16. The Labute approximate surface area is 143 Å². The zero-order valence-corrected chi connectivity index (χ0v) is 14.8. The molecule has 1 atom stereocenters. The molecule has 2 aromatic rings. The fourth-order valence-electron chi connectivity index (χ4n) is 3.31. The normalized spacial score (nSPS) is 17.5. The van der Waals surface area contributed by atoms with Crippen LogP contribution in [-0.4, -0.2) is 37.5 Å². The lowest BCUT2D eigenvalue weighted by Gasteiger charge is -2.16. The lowest BCUT2D eigenvalue weighted by Crippen LogP contribution is -2.31. The molecule has 1 aliphatic rings. The van der Waals surface area contributed by atoms with Gasteiger partial charge in [-0.1, -0.05) is 12.1 Å². The maximum absolute atomic E-state index is 12.5. The van der Waals surface area contributed by atoms with Crippen LogP contribution in [0.15, 0.2) is 22.8 Å². The minimum Gasteiger partial charge on any atom is -0.464 e. The summed E-state index contributed by atoms with van der Waals surface area (Å²) in [7, 11) is 1.96. The van der Waals surface area contributed by atoms with Gasteiger partial charge in [-0.3, -0.25) is 4.79 Å². The molecule has 4 nitrogen and oxygen atoms in total. The third-order valence-electron chi connectivity index (χ3n) is 4.81. The minimum absolute atomic E-state index is 0. The van der Waals surface area contributed by atoms with Crippen LogP contribution in [0.1, 0.15) is 23.1 Å². The van der Waals surface area contributed by atoms with Crippen molar-refractivity contribution < 1.29 is 9.21 Å². The number of fused-ring (bicyclic) bond motifs is 1. The molecule has 5 heteroatoms. The highest BCUT2D eigenvalue weighted by molar-refractivity contribution is 5.89.